The van der Waals surface area contributed by atoms with Crippen molar-refractivity contribution >= 4 is 5.91 Å². The normalized spacial score (nSPS) is 16.4. The van der Waals surface area contributed by atoms with Crippen LogP contribution in [0.1, 0.15) is 41.6 Å². The van der Waals surface area contributed by atoms with Crippen molar-refractivity contribution in [3.63, 3.8) is 0 Å². The van der Waals surface area contributed by atoms with Gasteiger partial charge in [-0.1, -0.05) is 11.2 Å². The molecule has 0 N–H and O–H groups in total. The van der Waals surface area contributed by atoms with Crippen LogP contribution in [-0.2, 0) is 0 Å². The maximum atomic E-state index is 13.5. The second-order valence-electron chi connectivity index (χ2n) is 7.01. The third kappa shape index (κ3) is 3.72. The van der Waals surface area contributed by atoms with Gasteiger partial charge in [-0.15, -0.1) is 0 Å². The highest BCUT2D eigenvalue weighted by molar-refractivity contribution is 6.00. The molecule has 1 amide bonds. The van der Waals surface area contributed by atoms with Gasteiger partial charge in [0.05, 0.1) is 14.2 Å². The molecular weight excluding hydrogens is 389 g/mol. The molecule has 0 aliphatic carbocycles. The number of piperidine rings is 1. The molecule has 4 rings (SSSR count). The second kappa shape index (κ2) is 8.52. The van der Waals surface area contributed by atoms with E-state index in [0.29, 0.717) is 47.3 Å². The Labute approximate surface area is 173 Å². The molecular formula is C22H22FN3O4. The lowest BCUT2D eigenvalue weighted by Gasteiger charge is -2.34. The average molecular weight is 411 g/mol. The summed E-state index contributed by atoms with van der Waals surface area (Å²) in [6.07, 6.45) is 2.51. The van der Waals surface area contributed by atoms with Gasteiger partial charge >= 0.3 is 0 Å². The lowest BCUT2D eigenvalue weighted by atomic mass is 10.00. The topological polar surface area (TPSA) is 77.7 Å². The van der Waals surface area contributed by atoms with E-state index in [2.05, 4.69) is 10.1 Å². The van der Waals surface area contributed by atoms with E-state index < -0.39 is 0 Å². The zero-order valence-corrected chi connectivity index (χ0v) is 16.8. The monoisotopic (exact) mass is 411 g/mol. The minimum absolute atomic E-state index is 0.212. The zero-order chi connectivity index (χ0) is 21.1. The van der Waals surface area contributed by atoms with Gasteiger partial charge in [-0.3, -0.25) is 4.79 Å². The van der Waals surface area contributed by atoms with Crippen LogP contribution in [0.5, 0.6) is 11.5 Å². The smallest absolute Gasteiger partial charge is 0.262 e. The molecule has 30 heavy (non-hydrogen) atoms. The van der Waals surface area contributed by atoms with Gasteiger partial charge in [0.1, 0.15) is 28.9 Å². The van der Waals surface area contributed by atoms with E-state index in [-0.39, 0.29) is 17.8 Å². The van der Waals surface area contributed by atoms with Crippen LogP contribution < -0.4 is 9.47 Å². The van der Waals surface area contributed by atoms with Gasteiger partial charge in [-0.2, -0.15) is 4.98 Å². The molecule has 1 aliphatic rings. The van der Waals surface area contributed by atoms with Crippen LogP contribution in [0, 0.1) is 5.82 Å². The third-order valence-corrected chi connectivity index (χ3v) is 5.23. The molecule has 0 unspecified atom stereocenters. The van der Waals surface area contributed by atoms with Crippen molar-refractivity contribution in [2.24, 2.45) is 0 Å². The molecule has 1 aliphatic heterocycles. The van der Waals surface area contributed by atoms with Gasteiger partial charge < -0.3 is 18.9 Å². The molecule has 2 heterocycles. The number of aromatic nitrogens is 2. The van der Waals surface area contributed by atoms with Crippen molar-refractivity contribution < 1.29 is 23.2 Å². The van der Waals surface area contributed by atoms with Gasteiger partial charge in [-0.05, 0) is 55.7 Å². The minimum atomic E-state index is -0.359. The summed E-state index contributed by atoms with van der Waals surface area (Å²) >= 11 is 0. The Kier molecular flexibility index (Phi) is 5.65. The van der Waals surface area contributed by atoms with E-state index in [0.717, 1.165) is 12.8 Å². The molecule has 2 aromatic carbocycles. The molecule has 1 aromatic heterocycles. The summed E-state index contributed by atoms with van der Waals surface area (Å²) in [4.78, 5) is 19.7. The number of methoxy groups -OCH3 is 2. The Hall–Kier alpha value is -3.42. The first-order valence-corrected chi connectivity index (χ1v) is 9.74. The van der Waals surface area contributed by atoms with E-state index in [1.54, 1.807) is 35.2 Å². The van der Waals surface area contributed by atoms with Crippen LogP contribution in [0.15, 0.2) is 47.0 Å². The maximum absolute atomic E-state index is 13.5. The van der Waals surface area contributed by atoms with E-state index in [1.165, 1.54) is 26.4 Å². The first kappa shape index (κ1) is 19.9. The number of amides is 1. The van der Waals surface area contributed by atoms with Crippen LogP contribution >= 0.6 is 0 Å². The SMILES string of the molecule is COc1cccc(OC)c1C(=O)N1CCCC[C@H]1c1nc(-c2ccc(F)cc2)no1. The first-order chi connectivity index (χ1) is 14.6. The Morgan fingerprint density at radius 2 is 1.80 bits per heavy atom. The Balaban J connectivity index is 1.66. The largest absolute Gasteiger partial charge is 0.496 e. The van der Waals surface area contributed by atoms with Crippen LogP contribution in [0.25, 0.3) is 11.4 Å². The van der Waals surface area contributed by atoms with Gasteiger partial charge in [0.15, 0.2) is 0 Å². The van der Waals surface area contributed by atoms with E-state index in [4.69, 9.17) is 14.0 Å². The quantitative estimate of drug-likeness (QED) is 0.624. The van der Waals surface area contributed by atoms with Gasteiger partial charge in [-0.25, -0.2) is 4.39 Å². The lowest BCUT2D eigenvalue weighted by molar-refractivity contribution is 0.0554. The second-order valence-corrected chi connectivity index (χ2v) is 7.01. The highest BCUT2D eigenvalue weighted by Crippen LogP contribution is 2.36. The third-order valence-electron chi connectivity index (χ3n) is 5.23. The molecule has 3 aromatic rings. The van der Waals surface area contributed by atoms with Crippen molar-refractivity contribution in [3.8, 4) is 22.9 Å². The van der Waals surface area contributed by atoms with Gasteiger partial charge in [0.2, 0.25) is 11.7 Å². The molecule has 0 radical (unpaired) electrons. The number of halogens is 1. The molecule has 1 fully saturated rings. The number of rotatable bonds is 5. The number of benzene rings is 2. The van der Waals surface area contributed by atoms with Crippen LogP contribution in [0.3, 0.4) is 0 Å². The summed E-state index contributed by atoms with van der Waals surface area (Å²) in [5, 5.41) is 4.03. The van der Waals surface area contributed by atoms with Crippen LogP contribution in [0.2, 0.25) is 0 Å². The fourth-order valence-corrected chi connectivity index (χ4v) is 3.72. The van der Waals surface area contributed by atoms with Crippen molar-refractivity contribution in [2.75, 3.05) is 20.8 Å². The summed E-state index contributed by atoms with van der Waals surface area (Å²) in [5.41, 5.74) is 1.01. The van der Waals surface area contributed by atoms with Gasteiger partial charge in [0, 0.05) is 12.1 Å². The van der Waals surface area contributed by atoms with E-state index in [1.807, 2.05) is 0 Å². The number of carbonyl (C=O) groups excluding carboxylic acids is 1. The Morgan fingerprint density at radius 1 is 1.10 bits per heavy atom. The predicted octanol–water partition coefficient (Wildman–Crippen LogP) is 4.26. The molecule has 0 bridgehead atoms. The minimum Gasteiger partial charge on any atom is -0.496 e. The summed E-state index contributed by atoms with van der Waals surface area (Å²) in [6.45, 7) is 0.555. The van der Waals surface area contributed by atoms with Crippen molar-refractivity contribution in [3.05, 3.63) is 59.7 Å². The molecule has 1 atom stereocenters. The molecule has 8 heteroatoms. The number of hydrogen-bond donors (Lipinski definition) is 0. The van der Waals surface area contributed by atoms with Crippen LogP contribution in [-0.4, -0.2) is 41.7 Å². The fraction of sp³-hybridized carbons (Fsp3) is 0.318. The molecule has 156 valence electrons. The molecule has 0 spiro atoms. The number of hydrogen-bond acceptors (Lipinski definition) is 6. The summed E-state index contributed by atoms with van der Waals surface area (Å²) in [6, 6.07) is 10.7. The number of ether oxygens (including phenoxy) is 2. The van der Waals surface area contributed by atoms with E-state index >= 15 is 0 Å². The highest BCUT2D eigenvalue weighted by Gasteiger charge is 2.35. The molecule has 1 saturated heterocycles. The Morgan fingerprint density at radius 3 is 2.47 bits per heavy atom. The number of nitrogens with zero attached hydrogens (tertiary/aromatic N) is 3. The zero-order valence-electron chi connectivity index (χ0n) is 16.8. The highest BCUT2D eigenvalue weighted by atomic mass is 19.1. The summed E-state index contributed by atoms with van der Waals surface area (Å²) in [7, 11) is 3.04. The predicted molar refractivity (Wildman–Crippen MR) is 107 cm³/mol. The van der Waals surface area contributed by atoms with Crippen molar-refractivity contribution in [2.45, 2.75) is 25.3 Å². The van der Waals surface area contributed by atoms with Crippen LogP contribution in [0.4, 0.5) is 4.39 Å². The van der Waals surface area contributed by atoms with Crippen molar-refractivity contribution in [1.82, 2.24) is 15.0 Å². The van der Waals surface area contributed by atoms with Gasteiger partial charge in [0.25, 0.3) is 5.91 Å². The summed E-state index contributed by atoms with van der Waals surface area (Å²) in [5.74, 6) is 1.06. The fourth-order valence-electron chi connectivity index (χ4n) is 3.72. The maximum Gasteiger partial charge on any atom is 0.262 e. The molecule has 0 saturated carbocycles. The molecule has 7 nitrogen and oxygen atoms in total. The first-order valence-electron chi connectivity index (χ1n) is 9.74. The average Bonchev–Trinajstić information content (AvgIpc) is 3.28. The number of carbonyl (C=O) groups is 1. The Bertz CT molecular complexity index is 1010. The summed E-state index contributed by atoms with van der Waals surface area (Å²) < 4.78 is 29.5. The van der Waals surface area contributed by atoms with Crippen molar-refractivity contribution in [1.29, 1.82) is 0 Å². The lowest BCUT2D eigenvalue weighted by Crippen LogP contribution is -2.39. The van der Waals surface area contributed by atoms with E-state index in [9.17, 15) is 9.18 Å². The number of likely N-dealkylation sites (tertiary alicyclic amines) is 1. The standard InChI is InChI=1S/C22H22FN3O4/c1-28-17-7-5-8-18(29-2)19(17)22(27)26-13-4-3-6-16(26)21-24-20(25-30-21)14-9-11-15(23)12-10-14/h5,7-12,16H,3-4,6,13H2,1-2H3/t16-/m0/s1.